The van der Waals surface area contributed by atoms with Crippen molar-refractivity contribution in [3.63, 3.8) is 0 Å². The predicted octanol–water partition coefficient (Wildman–Crippen LogP) is 2.74. The monoisotopic (exact) mass is 377 g/mol. The molecule has 2 aromatic rings. The fourth-order valence-electron chi connectivity index (χ4n) is 2.35. The summed E-state index contributed by atoms with van der Waals surface area (Å²) >= 11 is 0. The van der Waals surface area contributed by atoms with Gasteiger partial charge in [0.2, 0.25) is 0 Å². The van der Waals surface area contributed by atoms with Crippen molar-refractivity contribution in [2.24, 2.45) is 0 Å². The highest BCUT2D eigenvalue weighted by Crippen LogP contribution is 2.21. The van der Waals surface area contributed by atoms with Crippen LogP contribution in [0.2, 0.25) is 0 Å². The minimum atomic E-state index is -3.24. The number of rotatable bonds is 7. The van der Waals surface area contributed by atoms with Crippen LogP contribution in [-0.4, -0.2) is 33.8 Å². The first-order valence-electron chi connectivity index (χ1n) is 8.12. The zero-order valence-corrected chi connectivity index (χ0v) is 16.0. The number of amides is 1. The summed E-state index contributed by atoms with van der Waals surface area (Å²) in [6.07, 6.45) is 0.463. The van der Waals surface area contributed by atoms with Gasteiger partial charge in [0.1, 0.15) is 11.5 Å². The molecule has 2 atom stereocenters. The average Bonchev–Trinajstić information content (AvgIpc) is 2.61. The molecule has 0 aromatic heterocycles. The third kappa shape index (κ3) is 5.23. The highest BCUT2D eigenvalue weighted by Gasteiger charge is 2.18. The first-order valence-corrected chi connectivity index (χ1v) is 10.0. The smallest absolute Gasteiger partial charge is 0.261 e. The third-order valence-corrected chi connectivity index (χ3v) is 5.02. The van der Waals surface area contributed by atoms with Crippen LogP contribution < -0.4 is 14.8 Å². The summed E-state index contributed by atoms with van der Waals surface area (Å²) in [5, 5.41) is 2.86. The Morgan fingerprint density at radius 2 is 1.65 bits per heavy atom. The van der Waals surface area contributed by atoms with Gasteiger partial charge in [-0.3, -0.25) is 4.79 Å². The average molecular weight is 377 g/mol. The van der Waals surface area contributed by atoms with Crippen molar-refractivity contribution in [1.82, 2.24) is 5.32 Å². The maximum Gasteiger partial charge on any atom is 0.261 e. The van der Waals surface area contributed by atoms with E-state index in [0.29, 0.717) is 11.5 Å². The van der Waals surface area contributed by atoms with Crippen molar-refractivity contribution in [3.05, 3.63) is 54.1 Å². The Kier molecular flexibility index (Phi) is 6.26. The third-order valence-electron chi connectivity index (χ3n) is 3.89. The maximum atomic E-state index is 12.3. The van der Waals surface area contributed by atoms with Gasteiger partial charge in [-0.25, -0.2) is 8.42 Å². The Bertz CT molecular complexity index is 862. The Balaban J connectivity index is 1.99. The van der Waals surface area contributed by atoms with E-state index in [0.717, 1.165) is 11.8 Å². The largest absolute Gasteiger partial charge is 0.497 e. The molecule has 0 spiro atoms. The Morgan fingerprint density at radius 3 is 2.23 bits per heavy atom. The molecule has 26 heavy (non-hydrogen) atoms. The normalized spacial score (nSPS) is 13.5. The highest BCUT2D eigenvalue weighted by molar-refractivity contribution is 7.90. The number of carbonyl (C=O) groups excluding carboxylic acids is 1. The molecule has 140 valence electrons. The second-order valence-electron chi connectivity index (χ2n) is 6.01. The van der Waals surface area contributed by atoms with Gasteiger partial charge in [0.15, 0.2) is 15.9 Å². The predicted molar refractivity (Wildman–Crippen MR) is 99.2 cm³/mol. The molecule has 2 aromatic carbocycles. The van der Waals surface area contributed by atoms with Crippen molar-refractivity contribution >= 4 is 15.7 Å². The van der Waals surface area contributed by atoms with Gasteiger partial charge in [-0.2, -0.15) is 0 Å². The highest BCUT2D eigenvalue weighted by atomic mass is 32.2. The molecule has 1 amide bonds. The number of benzene rings is 2. The van der Waals surface area contributed by atoms with E-state index in [4.69, 9.17) is 9.47 Å². The van der Waals surface area contributed by atoms with E-state index in [9.17, 15) is 13.2 Å². The van der Waals surface area contributed by atoms with Gasteiger partial charge in [0.05, 0.1) is 18.0 Å². The molecular formula is C19H23NO5S. The summed E-state index contributed by atoms with van der Waals surface area (Å²) in [7, 11) is -1.68. The zero-order valence-electron chi connectivity index (χ0n) is 15.2. The number of ether oxygens (including phenoxy) is 2. The molecular weight excluding hydrogens is 354 g/mol. The molecule has 0 saturated carbocycles. The van der Waals surface area contributed by atoms with Crippen LogP contribution in [-0.2, 0) is 14.6 Å². The molecule has 0 aliphatic rings. The lowest BCUT2D eigenvalue weighted by Crippen LogP contribution is -2.37. The van der Waals surface area contributed by atoms with Crippen LogP contribution in [0.5, 0.6) is 11.5 Å². The molecule has 0 aliphatic heterocycles. The SMILES string of the molecule is COc1cccc(O[C@H](C)C(=O)N[C@H](C)c2ccc(S(C)(=O)=O)cc2)c1. The van der Waals surface area contributed by atoms with Crippen molar-refractivity contribution in [3.8, 4) is 11.5 Å². The number of carbonyl (C=O) groups is 1. The van der Waals surface area contributed by atoms with E-state index in [1.165, 1.54) is 12.1 Å². The van der Waals surface area contributed by atoms with Gasteiger partial charge in [0, 0.05) is 12.3 Å². The molecule has 2 rings (SSSR count). The number of sulfone groups is 1. The quantitative estimate of drug-likeness (QED) is 0.802. The van der Waals surface area contributed by atoms with Crippen LogP contribution in [0.4, 0.5) is 0 Å². The molecule has 0 fully saturated rings. The fourth-order valence-corrected chi connectivity index (χ4v) is 2.98. The maximum absolute atomic E-state index is 12.3. The summed E-state index contributed by atoms with van der Waals surface area (Å²) in [6, 6.07) is 13.2. The van der Waals surface area contributed by atoms with Gasteiger partial charge >= 0.3 is 0 Å². The van der Waals surface area contributed by atoms with E-state index in [2.05, 4.69) is 5.32 Å². The number of methoxy groups -OCH3 is 1. The second-order valence-corrected chi connectivity index (χ2v) is 8.03. The summed E-state index contributed by atoms with van der Waals surface area (Å²) in [5.41, 5.74) is 0.805. The molecule has 1 N–H and O–H groups in total. The van der Waals surface area contributed by atoms with Gasteiger partial charge in [0.25, 0.3) is 5.91 Å². The number of nitrogens with one attached hydrogen (secondary N) is 1. The second kappa shape index (κ2) is 8.23. The van der Waals surface area contributed by atoms with Gasteiger partial charge in [-0.1, -0.05) is 18.2 Å². The molecule has 7 heteroatoms. The van der Waals surface area contributed by atoms with Crippen molar-refractivity contribution in [1.29, 1.82) is 0 Å². The van der Waals surface area contributed by atoms with Gasteiger partial charge in [-0.15, -0.1) is 0 Å². The van der Waals surface area contributed by atoms with E-state index in [-0.39, 0.29) is 16.8 Å². The summed E-state index contributed by atoms with van der Waals surface area (Å²) in [4.78, 5) is 12.6. The number of hydrogen-bond donors (Lipinski definition) is 1. The first-order chi connectivity index (χ1) is 12.2. The van der Waals surface area contributed by atoms with Gasteiger partial charge in [-0.05, 0) is 43.7 Å². The molecule has 0 aliphatic carbocycles. The summed E-state index contributed by atoms with van der Waals surface area (Å²) in [6.45, 7) is 3.49. The Labute approximate surface area is 154 Å². The van der Waals surface area contributed by atoms with Crippen LogP contribution >= 0.6 is 0 Å². The summed E-state index contributed by atoms with van der Waals surface area (Å²) in [5.74, 6) is 0.916. The van der Waals surface area contributed by atoms with Crippen molar-refractivity contribution < 1.29 is 22.7 Å². The lowest BCUT2D eigenvalue weighted by molar-refractivity contribution is -0.127. The minimum Gasteiger partial charge on any atom is -0.497 e. The van der Waals surface area contributed by atoms with Crippen LogP contribution in [0.15, 0.2) is 53.4 Å². The molecule has 0 unspecified atom stereocenters. The molecule has 6 nitrogen and oxygen atoms in total. The van der Waals surface area contributed by atoms with E-state index >= 15 is 0 Å². The lowest BCUT2D eigenvalue weighted by Gasteiger charge is -2.19. The van der Waals surface area contributed by atoms with E-state index in [1.54, 1.807) is 50.4 Å². The minimum absolute atomic E-state index is 0.245. The number of hydrogen-bond acceptors (Lipinski definition) is 5. The molecule has 0 heterocycles. The van der Waals surface area contributed by atoms with Crippen molar-refractivity contribution in [2.75, 3.05) is 13.4 Å². The molecule has 0 bridgehead atoms. The summed E-state index contributed by atoms with van der Waals surface area (Å²) < 4.78 is 33.8. The molecule has 0 radical (unpaired) electrons. The first kappa shape index (κ1) is 19.8. The van der Waals surface area contributed by atoms with Crippen LogP contribution in [0.1, 0.15) is 25.5 Å². The topological polar surface area (TPSA) is 81.7 Å². The Morgan fingerprint density at radius 1 is 1.04 bits per heavy atom. The lowest BCUT2D eigenvalue weighted by atomic mass is 10.1. The standard InChI is InChI=1S/C19H23NO5S/c1-13(15-8-10-18(11-9-15)26(4,22)23)20-19(21)14(2)25-17-7-5-6-16(12-17)24-3/h5-14H,1-4H3,(H,20,21)/t13-,14-/m1/s1. The van der Waals surface area contributed by atoms with Crippen molar-refractivity contribution in [2.45, 2.75) is 30.9 Å². The fraction of sp³-hybridized carbons (Fsp3) is 0.316. The van der Waals surface area contributed by atoms with E-state index < -0.39 is 15.9 Å². The van der Waals surface area contributed by atoms with Crippen LogP contribution in [0.25, 0.3) is 0 Å². The van der Waals surface area contributed by atoms with Crippen LogP contribution in [0.3, 0.4) is 0 Å². The van der Waals surface area contributed by atoms with E-state index in [1.807, 2.05) is 6.92 Å². The van der Waals surface area contributed by atoms with Crippen LogP contribution in [0, 0.1) is 0 Å². The van der Waals surface area contributed by atoms with Gasteiger partial charge < -0.3 is 14.8 Å². The Hall–Kier alpha value is -2.54. The zero-order chi connectivity index (χ0) is 19.3. The molecule has 0 saturated heterocycles.